The summed E-state index contributed by atoms with van der Waals surface area (Å²) in [6.45, 7) is 2.99. The third kappa shape index (κ3) is 2.68. The van der Waals surface area contributed by atoms with Crippen LogP contribution in [0.15, 0.2) is 24.4 Å². The average molecular weight is 256 g/mol. The Balaban J connectivity index is 1.94. The fourth-order valence-electron chi connectivity index (χ4n) is 2.30. The lowest BCUT2D eigenvalue weighted by molar-refractivity contribution is 0.780. The molecule has 4 heteroatoms. The molecule has 0 aromatic carbocycles. The Morgan fingerprint density at radius 3 is 2.89 bits per heavy atom. The Morgan fingerprint density at radius 1 is 1.37 bits per heavy atom. The third-order valence-electron chi connectivity index (χ3n) is 3.51. The largest absolute Gasteiger partial charge is 0.316 e. The van der Waals surface area contributed by atoms with Gasteiger partial charge in [0.2, 0.25) is 0 Å². The second-order valence-electron chi connectivity index (χ2n) is 5.17. The third-order valence-corrected chi connectivity index (χ3v) is 3.51. The zero-order valence-corrected chi connectivity index (χ0v) is 11.6. The van der Waals surface area contributed by atoms with Crippen molar-refractivity contribution in [1.29, 1.82) is 0 Å². The summed E-state index contributed by atoms with van der Waals surface area (Å²) in [5.74, 6) is 1.61. The minimum absolute atomic E-state index is 0.687. The molecule has 1 aliphatic carbocycles. The predicted octanol–water partition coefficient (Wildman–Crippen LogP) is 2.43. The summed E-state index contributed by atoms with van der Waals surface area (Å²) < 4.78 is 1.91. The number of nitrogens with zero attached hydrogens (tertiary/aromatic N) is 3. The highest BCUT2D eigenvalue weighted by atomic mass is 15.3. The lowest BCUT2D eigenvalue weighted by Crippen LogP contribution is -2.09. The summed E-state index contributed by atoms with van der Waals surface area (Å²) in [7, 11) is 1.96. The summed E-state index contributed by atoms with van der Waals surface area (Å²) in [5, 5.41) is 7.84. The van der Waals surface area contributed by atoms with E-state index in [1.54, 1.807) is 0 Å². The van der Waals surface area contributed by atoms with Crippen molar-refractivity contribution >= 4 is 0 Å². The van der Waals surface area contributed by atoms with Crippen molar-refractivity contribution < 1.29 is 0 Å². The molecule has 2 heterocycles. The summed E-state index contributed by atoms with van der Waals surface area (Å²) in [4.78, 5) is 4.67. The predicted molar refractivity (Wildman–Crippen MR) is 75.5 cm³/mol. The maximum atomic E-state index is 4.67. The van der Waals surface area contributed by atoms with Crippen LogP contribution in [-0.4, -0.2) is 21.8 Å². The molecule has 0 amide bonds. The Hall–Kier alpha value is -1.68. The van der Waals surface area contributed by atoms with E-state index in [0.717, 1.165) is 24.5 Å². The number of aromatic nitrogens is 3. The molecule has 0 unspecified atom stereocenters. The molecular formula is C15H20N4. The van der Waals surface area contributed by atoms with Crippen LogP contribution in [0.4, 0.5) is 0 Å². The minimum atomic E-state index is 0.687. The van der Waals surface area contributed by atoms with E-state index in [0.29, 0.717) is 5.92 Å². The average Bonchev–Trinajstić information content (AvgIpc) is 3.16. The second-order valence-corrected chi connectivity index (χ2v) is 5.17. The normalized spacial score (nSPS) is 14.8. The molecule has 0 atom stereocenters. The maximum absolute atomic E-state index is 4.67. The summed E-state index contributed by atoms with van der Waals surface area (Å²) in [5.41, 5.74) is 3.58. The van der Waals surface area contributed by atoms with Crippen LogP contribution in [0.25, 0.3) is 5.82 Å². The molecule has 1 fully saturated rings. The highest BCUT2D eigenvalue weighted by Crippen LogP contribution is 2.38. The van der Waals surface area contributed by atoms with Gasteiger partial charge in [-0.15, -0.1) is 0 Å². The molecule has 100 valence electrons. The van der Waals surface area contributed by atoms with Gasteiger partial charge in [-0.1, -0.05) is 6.92 Å². The first-order valence-electron chi connectivity index (χ1n) is 7.00. The van der Waals surface area contributed by atoms with Crippen molar-refractivity contribution in [2.24, 2.45) is 0 Å². The van der Waals surface area contributed by atoms with Gasteiger partial charge in [-0.25, -0.2) is 9.67 Å². The van der Waals surface area contributed by atoms with Gasteiger partial charge in [-0.05, 0) is 50.1 Å². The van der Waals surface area contributed by atoms with Crippen LogP contribution < -0.4 is 5.32 Å². The molecule has 0 spiro atoms. The molecular weight excluding hydrogens is 236 g/mol. The molecule has 2 aromatic rings. The van der Waals surface area contributed by atoms with Crippen molar-refractivity contribution in [3.63, 3.8) is 0 Å². The highest BCUT2D eigenvalue weighted by molar-refractivity contribution is 5.31. The number of aryl methyl sites for hydroxylation is 1. The van der Waals surface area contributed by atoms with Crippen LogP contribution in [0.3, 0.4) is 0 Å². The van der Waals surface area contributed by atoms with Crippen LogP contribution in [0.5, 0.6) is 0 Å². The first-order chi connectivity index (χ1) is 9.30. The van der Waals surface area contributed by atoms with Gasteiger partial charge in [0.05, 0.1) is 5.69 Å². The van der Waals surface area contributed by atoms with Gasteiger partial charge < -0.3 is 5.32 Å². The van der Waals surface area contributed by atoms with Crippen LogP contribution in [0.2, 0.25) is 0 Å². The number of hydrogen-bond donors (Lipinski definition) is 1. The van der Waals surface area contributed by atoms with Crippen LogP contribution in [0.1, 0.15) is 42.6 Å². The summed E-state index contributed by atoms with van der Waals surface area (Å²) in [6.07, 6.45) is 5.54. The quantitative estimate of drug-likeness (QED) is 0.893. The van der Waals surface area contributed by atoms with Gasteiger partial charge in [-0.3, -0.25) is 0 Å². The maximum Gasteiger partial charge on any atom is 0.153 e. The Labute approximate surface area is 113 Å². The van der Waals surface area contributed by atoms with Gasteiger partial charge in [-0.2, -0.15) is 5.10 Å². The number of rotatable bonds is 5. The van der Waals surface area contributed by atoms with Crippen molar-refractivity contribution in [2.75, 3.05) is 7.05 Å². The fourth-order valence-corrected chi connectivity index (χ4v) is 2.30. The zero-order chi connectivity index (χ0) is 13.2. The van der Waals surface area contributed by atoms with Crippen LogP contribution in [-0.2, 0) is 13.0 Å². The molecule has 4 nitrogen and oxygen atoms in total. The molecule has 1 aliphatic rings. The topological polar surface area (TPSA) is 42.7 Å². The van der Waals surface area contributed by atoms with Gasteiger partial charge in [0.25, 0.3) is 0 Å². The van der Waals surface area contributed by atoms with E-state index in [9.17, 15) is 0 Å². The van der Waals surface area contributed by atoms with E-state index >= 15 is 0 Å². The molecule has 0 bridgehead atoms. The molecule has 2 aromatic heterocycles. The summed E-state index contributed by atoms with van der Waals surface area (Å²) in [6, 6.07) is 6.39. The molecule has 0 radical (unpaired) electrons. The molecule has 19 heavy (non-hydrogen) atoms. The van der Waals surface area contributed by atoms with E-state index in [4.69, 9.17) is 0 Å². The lowest BCUT2D eigenvalue weighted by Gasteiger charge is -2.07. The summed E-state index contributed by atoms with van der Waals surface area (Å²) >= 11 is 0. The van der Waals surface area contributed by atoms with Crippen molar-refractivity contribution in [1.82, 2.24) is 20.1 Å². The standard InChI is InChI=1S/C15H20N4/c1-3-13-8-11(10-16-2)9-15(17-13)19-7-6-14(18-19)12-4-5-12/h6-9,12,16H,3-5,10H2,1-2H3. The Bertz CT molecular complexity index is 569. The van der Waals surface area contributed by atoms with E-state index in [1.807, 2.05) is 17.9 Å². The van der Waals surface area contributed by atoms with Gasteiger partial charge in [0, 0.05) is 24.4 Å². The zero-order valence-electron chi connectivity index (χ0n) is 11.6. The van der Waals surface area contributed by atoms with Gasteiger partial charge >= 0.3 is 0 Å². The fraction of sp³-hybridized carbons (Fsp3) is 0.467. The monoisotopic (exact) mass is 256 g/mol. The molecule has 1 saturated carbocycles. The molecule has 0 aliphatic heterocycles. The van der Waals surface area contributed by atoms with Crippen molar-refractivity contribution in [2.45, 2.75) is 38.6 Å². The van der Waals surface area contributed by atoms with Crippen LogP contribution >= 0.6 is 0 Å². The lowest BCUT2D eigenvalue weighted by atomic mass is 10.2. The minimum Gasteiger partial charge on any atom is -0.316 e. The second kappa shape index (κ2) is 5.13. The van der Waals surface area contributed by atoms with E-state index in [2.05, 4.69) is 40.5 Å². The number of nitrogens with one attached hydrogen (secondary N) is 1. The van der Waals surface area contributed by atoms with E-state index < -0.39 is 0 Å². The molecule has 3 rings (SSSR count). The highest BCUT2D eigenvalue weighted by Gasteiger charge is 2.26. The van der Waals surface area contributed by atoms with E-state index in [-0.39, 0.29) is 0 Å². The Morgan fingerprint density at radius 2 is 2.21 bits per heavy atom. The van der Waals surface area contributed by atoms with Crippen molar-refractivity contribution in [3.05, 3.63) is 41.3 Å². The van der Waals surface area contributed by atoms with Crippen molar-refractivity contribution in [3.8, 4) is 5.82 Å². The molecule has 0 saturated heterocycles. The number of hydrogen-bond acceptors (Lipinski definition) is 3. The van der Waals surface area contributed by atoms with Gasteiger partial charge in [0.1, 0.15) is 0 Å². The smallest absolute Gasteiger partial charge is 0.153 e. The van der Waals surface area contributed by atoms with E-state index in [1.165, 1.54) is 24.1 Å². The first kappa shape index (κ1) is 12.4. The van der Waals surface area contributed by atoms with Gasteiger partial charge in [0.15, 0.2) is 5.82 Å². The number of pyridine rings is 1. The van der Waals surface area contributed by atoms with Crippen LogP contribution in [0, 0.1) is 0 Å². The SMILES string of the molecule is CCc1cc(CNC)cc(-n2ccc(C3CC3)n2)n1. The molecule has 1 N–H and O–H groups in total. The Kier molecular flexibility index (Phi) is 3.34. The first-order valence-corrected chi connectivity index (χ1v) is 7.00.